The molecule has 0 aliphatic heterocycles. The SMILES string of the molecule is C[C@H](CNC(=O)COc1ccc2ccccc2c1Br)C[NH+](C)C. The Hall–Kier alpha value is -1.59. The minimum absolute atomic E-state index is 0.0263. The number of amides is 1. The van der Waals surface area contributed by atoms with Crippen molar-refractivity contribution in [3.8, 4) is 5.75 Å². The fraction of sp³-hybridized carbons (Fsp3) is 0.389. The zero-order valence-corrected chi connectivity index (χ0v) is 15.4. The average molecular weight is 380 g/mol. The van der Waals surface area contributed by atoms with Gasteiger partial charge < -0.3 is 15.0 Å². The van der Waals surface area contributed by atoms with Gasteiger partial charge in [-0.05, 0) is 32.8 Å². The van der Waals surface area contributed by atoms with Crippen LogP contribution in [0.5, 0.6) is 5.75 Å². The van der Waals surface area contributed by atoms with Crippen molar-refractivity contribution in [1.82, 2.24) is 5.32 Å². The molecule has 0 radical (unpaired) electrons. The van der Waals surface area contributed by atoms with Gasteiger partial charge in [0.25, 0.3) is 5.91 Å². The molecule has 23 heavy (non-hydrogen) atoms. The second kappa shape index (κ2) is 8.31. The number of hydrogen-bond acceptors (Lipinski definition) is 2. The quantitative estimate of drug-likeness (QED) is 0.771. The smallest absolute Gasteiger partial charge is 0.257 e. The molecule has 0 heterocycles. The van der Waals surface area contributed by atoms with E-state index in [-0.39, 0.29) is 12.5 Å². The Morgan fingerprint density at radius 3 is 2.74 bits per heavy atom. The van der Waals surface area contributed by atoms with E-state index in [9.17, 15) is 4.79 Å². The Morgan fingerprint density at radius 2 is 2.00 bits per heavy atom. The summed E-state index contributed by atoms with van der Waals surface area (Å²) in [6.45, 7) is 3.86. The van der Waals surface area contributed by atoms with Gasteiger partial charge in [0.2, 0.25) is 0 Å². The molecule has 0 saturated heterocycles. The first-order valence-electron chi connectivity index (χ1n) is 7.83. The van der Waals surface area contributed by atoms with E-state index in [0.29, 0.717) is 18.2 Å². The van der Waals surface area contributed by atoms with Gasteiger partial charge in [-0.3, -0.25) is 4.79 Å². The summed E-state index contributed by atoms with van der Waals surface area (Å²) in [5.41, 5.74) is 0. The van der Waals surface area contributed by atoms with Crippen molar-refractivity contribution < 1.29 is 14.4 Å². The van der Waals surface area contributed by atoms with E-state index in [0.717, 1.165) is 21.8 Å². The summed E-state index contributed by atoms with van der Waals surface area (Å²) in [6.07, 6.45) is 0. The van der Waals surface area contributed by atoms with E-state index in [1.54, 1.807) is 0 Å². The van der Waals surface area contributed by atoms with Crippen molar-refractivity contribution in [2.75, 3.05) is 33.8 Å². The molecule has 5 heteroatoms. The third-order valence-corrected chi connectivity index (χ3v) is 4.41. The maximum absolute atomic E-state index is 11.9. The third kappa shape index (κ3) is 5.22. The van der Waals surface area contributed by atoms with Crippen LogP contribution in [0.1, 0.15) is 6.92 Å². The van der Waals surface area contributed by atoms with Crippen molar-refractivity contribution in [3.63, 3.8) is 0 Å². The van der Waals surface area contributed by atoms with Crippen LogP contribution in [0.3, 0.4) is 0 Å². The molecular weight excluding hydrogens is 356 g/mol. The number of nitrogens with one attached hydrogen (secondary N) is 2. The first-order chi connectivity index (χ1) is 11.0. The Bertz CT molecular complexity index is 673. The van der Waals surface area contributed by atoms with E-state index in [2.05, 4.69) is 42.3 Å². The number of carbonyl (C=O) groups is 1. The highest BCUT2D eigenvalue weighted by Crippen LogP contribution is 2.32. The van der Waals surface area contributed by atoms with Gasteiger partial charge in [0, 0.05) is 12.5 Å². The fourth-order valence-electron chi connectivity index (χ4n) is 2.58. The summed E-state index contributed by atoms with van der Waals surface area (Å²) >= 11 is 3.56. The minimum atomic E-state index is -0.0920. The first-order valence-corrected chi connectivity index (χ1v) is 8.62. The maximum atomic E-state index is 11.9. The van der Waals surface area contributed by atoms with Crippen molar-refractivity contribution in [1.29, 1.82) is 0 Å². The van der Waals surface area contributed by atoms with Crippen LogP contribution in [0.4, 0.5) is 0 Å². The minimum Gasteiger partial charge on any atom is -0.483 e. The number of halogens is 1. The molecule has 0 bridgehead atoms. The Kier molecular flexibility index (Phi) is 6.42. The zero-order valence-electron chi connectivity index (χ0n) is 13.9. The monoisotopic (exact) mass is 379 g/mol. The summed E-state index contributed by atoms with van der Waals surface area (Å²) in [7, 11) is 4.22. The second-order valence-electron chi connectivity index (χ2n) is 6.21. The van der Waals surface area contributed by atoms with Gasteiger partial charge in [-0.25, -0.2) is 0 Å². The zero-order chi connectivity index (χ0) is 16.8. The molecule has 4 nitrogen and oxygen atoms in total. The fourth-order valence-corrected chi connectivity index (χ4v) is 3.18. The number of benzene rings is 2. The lowest BCUT2D eigenvalue weighted by Crippen LogP contribution is -3.06. The van der Waals surface area contributed by atoms with Crippen LogP contribution in [0, 0.1) is 5.92 Å². The van der Waals surface area contributed by atoms with Crippen LogP contribution in [0.15, 0.2) is 40.9 Å². The van der Waals surface area contributed by atoms with E-state index < -0.39 is 0 Å². The normalized spacial score (nSPS) is 12.4. The van der Waals surface area contributed by atoms with Crippen LogP contribution in [0.25, 0.3) is 10.8 Å². The van der Waals surface area contributed by atoms with Gasteiger partial charge in [0.1, 0.15) is 5.75 Å². The molecule has 2 aromatic rings. The predicted molar refractivity (Wildman–Crippen MR) is 97.0 cm³/mol. The van der Waals surface area contributed by atoms with Gasteiger partial charge in [0.15, 0.2) is 6.61 Å². The summed E-state index contributed by atoms with van der Waals surface area (Å²) in [5, 5.41) is 5.13. The summed E-state index contributed by atoms with van der Waals surface area (Å²) < 4.78 is 6.54. The molecule has 0 saturated carbocycles. The number of hydrogen-bond donors (Lipinski definition) is 2. The highest BCUT2D eigenvalue weighted by Gasteiger charge is 2.11. The molecule has 1 atom stereocenters. The lowest BCUT2D eigenvalue weighted by Gasteiger charge is -2.15. The van der Waals surface area contributed by atoms with E-state index in [4.69, 9.17) is 4.74 Å². The molecular formula is C18H24BrN2O2+. The highest BCUT2D eigenvalue weighted by atomic mass is 79.9. The lowest BCUT2D eigenvalue weighted by molar-refractivity contribution is -0.861. The van der Waals surface area contributed by atoms with Crippen molar-refractivity contribution in [2.24, 2.45) is 5.92 Å². The summed E-state index contributed by atoms with van der Waals surface area (Å²) in [6, 6.07) is 11.9. The van der Waals surface area contributed by atoms with Gasteiger partial charge in [-0.1, -0.05) is 37.3 Å². The molecule has 0 aromatic heterocycles. The predicted octanol–water partition coefficient (Wildman–Crippen LogP) is 1.88. The summed E-state index contributed by atoms with van der Waals surface area (Å²) in [4.78, 5) is 13.3. The van der Waals surface area contributed by atoms with E-state index in [1.807, 2.05) is 36.4 Å². The van der Waals surface area contributed by atoms with Gasteiger partial charge >= 0.3 is 0 Å². The number of carbonyl (C=O) groups excluding carboxylic acids is 1. The first kappa shape index (κ1) is 17.8. The molecule has 0 aliphatic carbocycles. The standard InChI is InChI=1S/C18H23BrN2O2/c1-13(11-21(2)3)10-20-17(22)12-23-16-9-8-14-6-4-5-7-15(14)18(16)19/h4-9,13H,10-12H2,1-3H3,(H,20,22)/p+1/t13-/m1/s1. The summed E-state index contributed by atoms with van der Waals surface area (Å²) in [5.74, 6) is 1.03. The Balaban J connectivity index is 1.88. The van der Waals surface area contributed by atoms with Crippen LogP contribution in [-0.4, -0.2) is 39.7 Å². The maximum Gasteiger partial charge on any atom is 0.257 e. The van der Waals surface area contributed by atoms with Crippen molar-refractivity contribution >= 4 is 32.6 Å². The molecule has 0 aliphatic rings. The lowest BCUT2D eigenvalue weighted by atomic mass is 10.1. The van der Waals surface area contributed by atoms with Crippen LogP contribution in [0.2, 0.25) is 0 Å². The molecule has 0 unspecified atom stereocenters. The van der Waals surface area contributed by atoms with Gasteiger partial charge in [0.05, 0.1) is 25.1 Å². The molecule has 124 valence electrons. The van der Waals surface area contributed by atoms with Crippen molar-refractivity contribution in [2.45, 2.75) is 6.92 Å². The topological polar surface area (TPSA) is 42.8 Å². The van der Waals surface area contributed by atoms with E-state index >= 15 is 0 Å². The average Bonchev–Trinajstić information content (AvgIpc) is 2.52. The highest BCUT2D eigenvalue weighted by molar-refractivity contribution is 9.10. The Morgan fingerprint density at radius 1 is 1.26 bits per heavy atom. The number of ether oxygens (including phenoxy) is 1. The largest absolute Gasteiger partial charge is 0.483 e. The van der Waals surface area contributed by atoms with Gasteiger partial charge in [-0.2, -0.15) is 0 Å². The molecule has 2 rings (SSSR count). The Labute approximate surface area is 145 Å². The van der Waals surface area contributed by atoms with Gasteiger partial charge in [-0.15, -0.1) is 0 Å². The second-order valence-corrected chi connectivity index (χ2v) is 7.00. The molecule has 0 spiro atoms. The van der Waals surface area contributed by atoms with Crippen LogP contribution >= 0.6 is 15.9 Å². The number of fused-ring (bicyclic) bond motifs is 1. The van der Waals surface area contributed by atoms with Crippen LogP contribution in [-0.2, 0) is 4.79 Å². The third-order valence-electron chi connectivity index (χ3n) is 3.59. The number of rotatable bonds is 7. The van der Waals surface area contributed by atoms with Crippen LogP contribution < -0.4 is 15.0 Å². The molecule has 2 N–H and O–H groups in total. The molecule has 2 aromatic carbocycles. The van der Waals surface area contributed by atoms with E-state index in [1.165, 1.54) is 4.90 Å². The molecule has 1 amide bonds. The molecule has 0 fully saturated rings. The van der Waals surface area contributed by atoms with Crippen molar-refractivity contribution in [3.05, 3.63) is 40.9 Å². The number of quaternary nitrogens is 1.